The second-order valence-electron chi connectivity index (χ2n) is 3.58. The van der Waals surface area contributed by atoms with Crippen molar-refractivity contribution in [1.29, 1.82) is 0 Å². The Hall–Kier alpha value is -1.68. The highest BCUT2D eigenvalue weighted by Gasteiger charge is 2.21. The summed E-state index contributed by atoms with van der Waals surface area (Å²) in [4.78, 5) is 0. The van der Waals surface area contributed by atoms with Gasteiger partial charge in [0.25, 0.3) is 0 Å². The minimum Gasteiger partial charge on any atom is -0.467 e. The smallest absolute Gasteiger partial charge is 0.131 e. The van der Waals surface area contributed by atoms with Gasteiger partial charge >= 0.3 is 0 Å². The van der Waals surface area contributed by atoms with Crippen LogP contribution >= 0.6 is 0 Å². The Morgan fingerprint density at radius 3 is 2.31 bits per heavy atom. The summed E-state index contributed by atoms with van der Waals surface area (Å²) >= 11 is 0. The van der Waals surface area contributed by atoms with Crippen LogP contribution in [-0.2, 0) is 0 Å². The molecular weight excluding hydrogens is 212 g/mol. The number of nitrogens with two attached hydrogens (primary N) is 1. The maximum Gasteiger partial charge on any atom is 0.131 e. The average molecular weight is 223 g/mol. The van der Waals surface area contributed by atoms with Crippen molar-refractivity contribution in [3.63, 3.8) is 0 Å². The largest absolute Gasteiger partial charge is 0.467 e. The molecule has 1 unspecified atom stereocenters. The lowest BCUT2D eigenvalue weighted by Crippen LogP contribution is -2.15. The number of aryl methyl sites for hydroxylation is 1. The number of rotatable bonds is 2. The number of hydrogen-bond donors (Lipinski definition) is 1. The standard InChI is InChI=1S/C12H11F2NO/c1-7-5-6-16-12(7)11(15)10-8(13)3-2-4-9(10)14/h2-6,11H,15H2,1H3. The third kappa shape index (κ3) is 1.72. The fourth-order valence-electron chi connectivity index (χ4n) is 1.64. The molecule has 2 aromatic rings. The van der Waals surface area contributed by atoms with Gasteiger partial charge in [-0.05, 0) is 30.7 Å². The molecule has 0 amide bonds. The molecule has 0 bridgehead atoms. The molecule has 16 heavy (non-hydrogen) atoms. The Morgan fingerprint density at radius 2 is 1.81 bits per heavy atom. The van der Waals surface area contributed by atoms with Crippen LogP contribution in [0.2, 0.25) is 0 Å². The monoisotopic (exact) mass is 223 g/mol. The second kappa shape index (κ2) is 4.06. The molecule has 1 aromatic carbocycles. The van der Waals surface area contributed by atoms with Crippen molar-refractivity contribution in [2.75, 3.05) is 0 Å². The van der Waals surface area contributed by atoms with Crippen LogP contribution in [0.5, 0.6) is 0 Å². The van der Waals surface area contributed by atoms with Gasteiger partial charge in [0.2, 0.25) is 0 Å². The summed E-state index contributed by atoms with van der Waals surface area (Å²) in [5.41, 5.74) is 6.40. The Labute approximate surface area is 91.7 Å². The maximum atomic E-state index is 13.5. The van der Waals surface area contributed by atoms with Gasteiger partial charge in [0.05, 0.1) is 12.3 Å². The van der Waals surface area contributed by atoms with Gasteiger partial charge in [-0.3, -0.25) is 0 Å². The summed E-state index contributed by atoms with van der Waals surface area (Å²) < 4.78 is 32.1. The molecule has 2 N–H and O–H groups in total. The molecule has 0 aliphatic carbocycles. The minimum atomic E-state index is -0.920. The van der Waals surface area contributed by atoms with E-state index in [1.165, 1.54) is 24.5 Å². The van der Waals surface area contributed by atoms with Gasteiger partial charge in [-0.25, -0.2) is 8.78 Å². The van der Waals surface area contributed by atoms with E-state index in [4.69, 9.17) is 10.2 Å². The van der Waals surface area contributed by atoms with Crippen molar-refractivity contribution in [2.24, 2.45) is 5.73 Å². The molecule has 1 heterocycles. The Morgan fingerprint density at radius 1 is 1.19 bits per heavy atom. The zero-order valence-corrected chi connectivity index (χ0v) is 8.71. The third-order valence-electron chi connectivity index (χ3n) is 2.49. The molecule has 4 heteroatoms. The van der Waals surface area contributed by atoms with E-state index < -0.39 is 17.7 Å². The number of furan rings is 1. The van der Waals surface area contributed by atoms with E-state index in [-0.39, 0.29) is 5.56 Å². The van der Waals surface area contributed by atoms with Crippen LogP contribution in [0.4, 0.5) is 8.78 Å². The average Bonchev–Trinajstić information content (AvgIpc) is 2.64. The molecule has 0 radical (unpaired) electrons. The summed E-state index contributed by atoms with van der Waals surface area (Å²) in [7, 11) is 0. The molecule has 0 saturated heterocycles. The highest BCUT2D eigenvalue weighted by Crippen LogP contribution is 2.27. The first kappa shape index (κ1) is 10.8. The molecule has 1 aromatic heterocycles. The second-order valence-corrected chi connectivity index (χ2v) is 3.58. The zero-order chi connectivity index (χ0) is 11.7. The van der Waals surface area contributed by atoms with Gasteiger partial charge in [-0.1, -0.05) is 6.07 Å². The predicted octanol–water partition coefficient (Wildman–Crippen LogP) is 2.91. The van der Waals surface area contributed by atoms with Crippen molar-refractivity contribution in [1.82, 2.24) is 0 Å². The van der Waals surface area contributed by atoms with Gasteiger partial charge < -0.3 is 10.2 Å². The lowest BCUT2D eigenvalue weighted by atomic mass is 10.0. The van der Waals surface area contributed by atoms with Crippen molar-refractivity contribution in [3.8, 4) is 0 Å². The predicted molar refractivity (Wildman–Crippen MR) is 55.8 cm³/mol. The van der Waals surface area contributed by atoms with Crippen LogP contribution < -0.4 is 5.73 Å². The van der Waals surface area contributed by atoms with Crippen molar-refractivity contribution in [3.05, 3.63) is 59.1 Å². The number of halogens is 2. The van der Waals surface area contributed by atoms with Crippen molar-refractivity contribution >= 4 is 0 Å². The van der Waals surface area contributed by atoms with Crippen LogP contribution in [0.1, 0.15) is 22.9 Å². The summed E-state index contributed by atoms with van der Waals surface area (Å²) in [5, 5.41) is 0. The quantitative estimate of drug-likeness (QED) is 0.850. The highest BCUT2D eigenvalue weighted by molar-refractivity contribution is 5.32. The molecule has 0 aliphatic heterocycles. The number of hydrogen-bond acceptors (Lipinski definition) is 2. The molecule has 0 fully saturated rings. The van der Waals surface area contributed by atoms with E-state index >= 15 is 0 Å². The molecule has 0 aliphatic rings. The van der Waals surface area contributed by atoms with Gasteiger partial charge in [-0.2, -0.15) is 0 Å². The highest BCUT2D eigenvalue weighted by atomic mass is 19.1. The molecule has 2 nitrogen and oxygen atoms in total. The van der Waals surface area contributed by atoms with E-state index in [0.717, 1.165) is 5.56 Å². The minimum absolute atomic E-state index is 0.166. The zero-order valence-electron chi connectivity index (χ0n) is 8.71. The first-order chi connectivity index (χ1) is 7.61. The normalized spacial score (nSPS) is 12.8. The molecule has 1 atom stereocenters. The summed E-state index contributed by atoms with van der Waals surface area (Å²) in [6.07, 6.45) is 1.45. The molecule has 0 spiro atoms. The molecule has 84 valence electrons. The maximum absolute atomic E-state index is 13.5. The number of benzene rings is 1. The van der Waals surface area contributed by atoms with E-state index in [0.29, 0.717) is 5.76 Å². The Kier molecular flexibility index (Phi) is 2.75. The molecular formula is C12H11F2NO. The van der Waals surface area contributed by atoms with Gasteiger partial charge in [0, 0.05) is 5.56 Å². The fourth-order valence-corrected chi connectivity index (χ4v) is 1.64. The lowest BCUT2D eigenvalue weighted by molar-refractivity contribution is 0.463. The van der Waals surface area contributed by atoms with Crippen LogP contribution in [0.3, 0.4) is 0 Å². The molecule has 2 rings (SSSR count). The van der Waals surface area contributed by atoms with E-state index in [9.17, 15) is 8.78 Å². The van der Waals surface area contributed by atoms with E-state index in [2.05, 4.69) is 0 Å². The Bertz CT molecular complexity index is 487. The third-order valence-corrected chi connectivity index (χ3v) is 2.49. The summed E-state index contributed by atoms with van der Waals surface area (Å²) in [6, 6.07) is 4.44. The summed E-state index contributed by atoms with van der Waals surface area (Å²) in [6.45, 7) is 1.78. The van der Waals surface area contributed by atoms with Crippen LogP contribution in [0.15, 0.2) is 34.9 Å². The van der Waals surface area contributed by atoms with Gasteiger partial charge in [-0.15, -0.1) is 0 Å². The SMILES string of the molecule is Cc1ccoc1C(N)c1c(F)cccc1F. The Balaban J connectivity index is 2.49. The van der Waals surface area contributed by atoms with Crippen molar-refractivity contribution < 1.29 is 13.2 Å². The molecule has 0 saturated carbocycles. The van der Waals surface area contributed by atoms with E-state index in [1.807, 2.05) is 0 Å². The van der Waals surface area contributed by atoms with Gasteiger partial charge in [0.15, 0.2) is 0 Å². The van der Waals surface area contributed by atoms with Crippen LogP contribution in [0.25, 0.3) is 0 Å². The van der Waals surface area contributed by atoms with E-state index in [1.54, 1.807) is 13.0 Å². The first-order valence-electron chi connectivity index (χ1n) is 4.84. The topological polar surface area (TPSA) is 39.2 Å². The van der Waals surface area contributed by atoms with Crippen LogP contribution in [-0.4, -0.2) is 0 Å². The summed E-state index contributed by atoms with van der Waals surface area (Å²) in [5.74, 6) is -0.949. The lowest BCUT2D eigenvalue weighted by Gasteiger charge is -2.12. The van der Waals surface area contributed by atoms with Crippen molar-refractivity contribution in [2.45, 2.75) is 13.0 Å². The van der Waals surface area contributed by atoms with Crippen LogP contribution in [0, 0.1) is 18.6 Å². The van der Waals surface area contributed by atoms with Gasteiger partial charge in [0.1, 0.15) is 17.4 Å². The fraction of sp³-hybridized carbons (Fsp3) is 0.167. The first-order valence-corrected chi connectivity index (χ1v) is 4.84.